The van der Waals surface area contributed by atoms with E-state index < -0.39 is 17.5 Å². The van der Waals surface area contributed by atoms with E-state index in [2.05, 4.69) is 5.32 Å². The minimum Gasteiger partial charge on any atom is -0.367 e. The van der Waals surface area contributed by atoms with Gasteiger partial charge >= 0.3 is 0 Å². The van der Waals surface area contributed by atoms with E-state index >= 15 is 0 Å². The summed E-state index contributed by atoms with van der Waals surface area (Å²) in [5.74, 6) is -2.16. The molecule has 0 spiro atoms. The first-order valence-corrected chi connectivity index (χ1v) is 6.78. The molecule has 104 valence electrons. The molecule has 1 aliphatic heterocycles. The van der Waals surface area contributed by atoms with Crippen molar-refractivity contribution in [1.29, 1.82) is 0 Å². The quantitative estimate of drug-likeness (QED) is 0.831. The fourth-order valence-electron chi connectivity index (χ4n) is 2.74. The lowest BCUT2D eigenvalue weighted by molar-refractivity contribution is 0.481. The van der Waals surface area contributed by atoms with Crippen LogP contribution in [-0.2, 0) is 0 Å². The van der Waals surface area contributed by atoms with Gasteiger partial charge in [-0.15, -0.1) is 0 Å². The van der Waals surface area contributed by atoms with Crippen LogP contribution in [0.15, 0.2) is 12.1 Å². The highest BCUT2D eigenvalue weighted by Gasteiger charge is 2.33. The average molecular weight is 270 g/mol. The smallest absolute Gasteiger partial charge is 0.161 e. The molecule has 3 rings (SSSR count). The Labute approximate surface area is 110 Å². The third-order valence-corrected chi connectivity index (χ3v) is 3.95. The van der Waals surface area contributed by atoms with Crippen molar-refractivity contribution in [3.8, 4) is 0 Å². The van der Waals surface area contributed by atoms with Gasteiger partial charge in [0.2, 0.25) is 0 Å². The van der Waals surface area contributed by atoms with Gasteiger partial charge in [0.25, 0.3) is 0 Å². The standard InChI is InChI=1S/C14H17F3N2/c15-10-6-12(17)14(7-11(10)16)19-5-1-4-18-13(8-19)9-2-3-9/h6-7,9,13,18H,1-5,8H2. The van der Waals surface area contributed by atoms with Crippen LogP contribution < -0.4 is 10.2 Å². The van der Waals surface area contributed by atoms with Gasteiger partial charge in [0.15, 0.2) is 11.6 Å². The normalized spacial score (nSPS) is 24.4. The van der Waals surface area contributed by atoms with Gasteiger partial charge in [0.1, 0.15) is 5.82 Å². The minimum atomic E-state index is -1.13. The first-order chi connectivity index (χ1) is 9.15. The maximum absolute atomic E-state index is 13.8. The van der Waals surface area contributed by atoms with Crippen molar-refractivity contribution in [3.05, 3.63) is 29.6 Å². The number of nitrogens with zero attached hydrogens (tertiary/aromatic N) is 1. The molecule has 1 heterocycles. The van der Waals surface area contributed by atoms with E-state index in [-0.39, 0.29) is 5.69 Å². The van der Waals surface area contributed by atoms with Crippen LogP contribution in [0.25, 0.3) is 0 Å². The zero-order valence-electron chi connectivity index (χ0n) is 10.6. The van der Waals surface area contributed by atoms with Crippen molar-refractivity contribution >= 4 is 5.69 Å². The van der Waals surface area contributed by atoms with Crippen LogP contribution in [0.4, 0.5) is 18.9 Å². The number of nitrogens with one attached hydrogen (secondary N) is 1. The van der Waals surface area contributed by atoms with Gasteiger partial charge in [0, 0.05) is 31.3 Å². The Morgan fingerprint density at radius 2 is 1.79 bits per heavy atom. The van der Waals surface area contributed by atoms with Gasteiger partial charge in [0.05, 0.1) is 5.69 Å². The molecule has 1 N–H and O–H groups in total. The molecule has 1 aromatic carbocycles. The van der Waals surface area contributed by atoms with Crippen LogP contribution in [0.2, 0.25) is 0 Å². The molecule has 2 aliphatic rings. The molecule has 1 aromatic rings. The lowest BCUT2D eigenvalue weighted by Gasteiger charge is -2.27. The molecule has 1 saturated carbocycles. The minimum absolute atomic E-state index is 0.174. The number of benzene rings is 1. The average Bonchev–Trinajstić information content (AvgIpc) is 3.18. The summed E-state index contributed by atoms with van der Waals surface area (Å²) in [7, 11) is 0. The molecule has 0 radical (unpaired) electrons. The first-order valence-electron chi connectivity index (χ1n) is 6.78. The Kier molecular flexibility index (Phi) is 3.39. The van der Waals surface area contributed by atoms with E-state index in [1.54, 1.807) is 0 Å². The van der Waals surface area contributed by atoms with Gasteiger partial charge < -0.3 is 10.2 Å². The zero-order chi connectivity index (χ0) is 13.4. The molecule has 0 aromatic heterocycles. The van der Waals surface area contributed by atoms with Crippen LogP contribution in [0, 0.1) is 23.4 Å². The molecule has 2 fully saturated rings. The summed E-state index contributed by atoms with van der Waals surface area (Å²) in [5, 5.41) is 3.46. The number of anilines is 1. The van der Waals surface area contributed by atoms with Gasteiger partial charge in [-0.25, -0.2) is 13.2 Å². The fourth-order valence-corrected chi connectivity index (χ4v) is 2.74. The monoisotopic (exact) mass is 270 g/mol. The van der Waals surface area contributed by atoms with E-state index in [4.69, 9.17) is 0 Å². The van der Waals surface area contributed by atoms with Crippen LogP contribution >= 0.6 is 0 Å². The highest BCUT2D eigenvalue weighted by atomic mass is 19.2. The molecule has 1 saturated heterocycles. The summed E-state index contributed by atoms with van der Waals surface area (Å²) in [4.78, 5) is 1.83. The third kappa shape index (κ3) is 2.71. The summed E-state index contributed by atoms with van der Waals surface area (Å²) in [6.45, 7) is 2.22. The van der Waals surface area contributed by atoms with Crippen molar-refractivity contribution in [2.75, 3.05) is 24.5 Å². The Hall–Kier alpha value is -1.23. The third-order valence-electron chi connectivity index (χ3n) is 3.95. The summed E-state index contributed by atoms with van der Waals surface area (Å²) >= 11 is 0. The maximum atomic E-state index is 13.8. The molecular weight excluding hydrogens is 253 g/mol. The first kappa shape index (κ1) is 12.8. The molecule has 2 nitrogen and oxygen atoms in total. The number of rotatable bonds is 2. The van der Waals surface area contributed by atoms with E-state index in [0.29, 0.717) is 31.1 Å². The highest BCUT2D eigenvalue weighted by molar-refractivity contribution is 5.48. The second-order valence-electron chi connectivity index (χ2n) is 5.42. The second-order valence-corrected chi connectivity index (χ2v) is 5.42. The lowest BCUT2D eigenvalue weighted by atomic mass is 10.1. The van der Waals surface area contributed by atoms with Gasteiger partial charge in [-0.2, -0.15) is 0 Å². The summed E-state index contributed by atoms with van der Waals surface area (Å²) < 4.78 is 40.1. The zero-order valence-corrected chi connectivity index (χ0v) is 10.6. The molecular formula is C14H17F3N2. The molecule has 1 aliphatic carbocycles. The highest BCUT2D eigenvalue weighted by Crippen LogP contribution is 2.34. The van der Waals surface area contributed by atoms with E-state index in [9.17, 15) is 13.2 Å². The molecule has 5 heteroatoms. The molecule has 19 heavy (non-hydrogen) atoms. The van der Waals surface area contributed by atoms with Crippen LogP contribution in [-0.4, -0.2) is 25.7 Å². The van der Waals surface area contributed by atoms with Crippen LogP contribution in [0.5, 0.6) is 0 Å². The van der Waals surface area contributed by atoms with E-state index in [0.717, 1.165) is 19.0 Å². The number of hydrogen-bond acceptors (Lipinski definition) is 2. The van der Waals surface area contributed by atoms with Gasteiger partial charge in [-0.1, -0.05) is 0 Å². The predicted molar refractivity (Wildman–Crippen MR) is 67.7 cm³/mol. The molecule has 1 unspecified atom stereocenters. The Morgan fingerprint density at radius 1 is 1.05 bits per heavy atom. The van der Waals surface area contributed by atoms with Crippen molar-refractivity contribution in [2.45, 2.75) is 25.3 Å². The molecule has 1 atom stereocenters. The Balaban J connectivity index is 1.84. The van der Waals surface area contributed by atoms with Gasteiger partial charge in [-0.05, 0) is 31.7 Å². The Morgan fingerprint density at radius 3 is 2.53 bits per heavy atom. The maximum Gasteiger partial charge on any atom is 0.161 e. The second kappa shape index (κ2) is 5.04. The van der Waals surface area contributed by atoms with Crippen molar-refractivity contribution in [3.63, 3.8) is 0 Å². The molecule has 0 amide bonds. The largest absolute Gasteiger partial charge is 0.367 e. The van der Waals surface area contributed by atoms with Crippen molar-refractivity contribution in [2.24, 2.45) is 5.92 Å². The van der Waals surface area contributed by atoms with E-state index in [1.807, 2.05) is 4.90 Å². The van der Waals surface area contributed by atoms with Crippen molar-refractivity contribution < 1.29 is 13.2 Å². The Bertz CT molecular complexity index is 474. The SMILES string of the molecule is Fc1cc(F)c(N2CCCNC(C3CC3)C2)cc1F. The lowest BCUT2D eigenvalue weighted by Crippen LogP contribution is -2.39. The van der Waals surface area contributed by atoms with Gasteiger partial charge in [-0.3, -0.25) is 0 Å². The van der Waals surface area contributed by atoms with Crippen molar-refractivity contribution in [1.82, 2.24) is 5.32 Å². The summed E-state index contributed by atoms with van der Waals surface area (Å²) in [6, 6.07) is 1.93. The topological polar surface area (TPSA) is 15.3 Å². The summed E-state index contributed by atoms with van der Waals surface area (Å²) in [5.41, 5.74) is 0.174. The predicted octanol–water partition coefficient (Wildman–Crippen LogP) is 2.68. The number of halogens is 3. The van der Waals surface area contributed by atoms with Crippen LogP contribution in [0.3, 0.4) is 0 Å². The van der Waals surface area contributed by atoms with Crippen LogP contribution in [0.1, 0.15) is 19.3 Å². The fraction of sp³-hybridized carbons (Fsp3) is 0.571. The summed E-state index contributed by atoms with van der Waals surface area (Å²) in [6.07, 6.45) is 3.28. The van der Waals surface area contributed by atoms with E-state index in [1.165, 1.54) is 12.8 Å². The number of hydrogen-bond donors (Lipinski definition) is 1. The molecule has 0 bridgehead atoms.